The number of hydrogen-bond donors (Lipinski definition) is 1. The fraction of sp³-hybridized carbons (Fsp3) is 0.0667. The minimum absolute atomic E-state index is 0.0135. The SMILES string of the molecule is C=CC(=O)Oc1c(OC(C)=O)cc(O)c2cc(Cl)ccc12. The lowest BCUT2D eigenvalue weighted by Crippen LogP contribution is -2.08. The summed E-state index contributed by atoms with van der Waals surface area (Å²) in [6.45, 7) is 4.50. The molecule has 0 saturated heterocycles. The number of carbonyl (C=O) groups is 2. The molecular weight excluding hydrogens is 296 g/mol. The summed E-state index contributed by atoms with van der Waals surface area (Å²) in [6, 6.07) is 5.81. The van der Waals surface area contributed by atoms with E-state index in [1.165, 1.54) is 19.1 Å². The molecule has 0 saturated carbocycles. The summed E-state index contributed by atoms with van der Waals surface area (Å²) in [4.78, 5) is 22.6. The molecule has 6 heteroatoms. The van der Waals surface area contributed by atoms with Gasteiger partial charge in [-0.1, -0.05) is 18.2 Å². The van der Waals surface area contributed by atoms with Gasteiger partial charge in [0.2, 0.25) is 0 Å². The van der Waals surface area contributed by atoms with Crippen molar-refractivity contribution in [3.05, 3.63) is 41.9 Å². The van der Waals surface area contributed by atoms with Crippen LogP contribution in [0.4, 0.5) is 0 Å². The number of aromatic hydroxyl groups is 1. The van der Waals surface area contributed by atoms with E-state index >= 15 is 0 Å². The molecule has 0 aromatic heterocycles. The summed E-state index contributed by atoms with van der Waals surface area (Å²) in [6.07, 6.45) is 0.978. The lowest BCUT2D eigenvalue weighted by molar-refractivity contribution is -0.133. The van der Waals surface area contributed by atoms with Gasteiger partial charge >= 0.3 is 11.9 Å². The zero-order valence-electron chi connectivity index (χ0n) is 11.1. The number of phenolic OH excluding ortho intramolecular Hbond substituents is 1. The van der Waals surface area contributed by atoms with Crippen molar-refractivity contribution in [3.8, 4) is 17.2 Å². The van der Waals surface area contributed by atoms with Gasteiger partial charge < -0.3 is 14.6 Å². The molecule has 0 heterocycles. The number of benzene rings is 2. The molecule has 0 bridgehead atoms. The predicted molar refractivity (Wildman–Crippen MR) is 77.8 cm³/mol. The first-order valence-corrected chi connectivity index (χ1v) is 6.28. The number of fused-ring (bicyclic) bond motifs is 1. The summed E-state index contributed by atoms with van der Waals surface area (Å²) in [5.41, 5.74) is 0. The molecule has 2 aromatic rings. The molecule has 0 unspecified atom stereocenters. The maximum absolute atomic E-state index is 11.4. The molecule has 1 N–H and O–H groups in total. The summed E-state index contributed by atoms with van der Waals surface area (Å²) in [5.74, 6) is -1.53. The van der Waals surface area contributed by atoms with E-state index in [0.717, 1.165) is 6.08 Å². The quantitative estimate of drug-likeness (QED) is 0.535. The summed E-state index contributed by atoms with van der Waals surface area (Å²) >= 11 is 5.88. The van der Waals surface area contributed by atoms with E-state index < -0.39 is 11.9 Å². The topological polar surface area (TPSA) is 72.8 Å². The van der Waals surface area contributed by atoms with Crippen molar-refractivity contribution in [2.24, 2.45) is 0 Å². The van der Waals surface area contributed by atoms with E-state index in [2.05, 4.69) is 6.58 Å². The van der Waals surface area contributed by atoms with Crippen LogP contribution >= 0.6 is 11.6 Å². The van der Waals surface area contributed by atoms with Crippen LogP contribution in [0.1, 0.15) is 6.92 Å². The zero-order valence-corrected chi connectivity index (χ0v) is 11.8. The molecule has 0 atom stereocenters. The Balaban J connectivity index is 2.73. The molecule has 0 amide bonds. The molecule has 0 aliphatic carbocycles. The van der Waals surface area contributed by atoms with Gasteiger partial charge in [0.15, 0.2) is 11.5 Å². The van der Waals surface area contributed by atoms with Crippen LogP contribution < -0.4 is 9.47 Å². The Kier molecular flexibility index (Phi) is 4.14. The third kappa shape index (κ3) is 3.14. The highest BCUT2D eigenvalue weighted by Crippen LogP contribution is 2.42. The monoisotopic (exact) mass is 306 g/mol. The maximum atomic E-state index is 11.4. The fourth-order valence-corrected chi connectivity index (χ4v) is 1.98. The second-order valence-corrected chi connectivity index (χ2v) is 4.57. The van der Waals surface area contributed by atoms with E-state index in [4.69, 9.17) is 21.1 Å². The minimum atomic E-state index is -0.717. The average molecular weight is 307 g/mol. The summed E-state index contributed by atoms with van der Waals surface area (Å²) < 4.78 is 10.1. The number of esters is 2. The van der Waals surface area contributed by atoms with Crippen molar-refractivity contribution in [2.45, 2.75) is 6.92 Å². The number of rotatable bonds is 3. The highest BCUT2D eigenvalue weighted by molar-refractivity contribution is 6.31. The largest absolute Gasteiger partial charge is 0.507 e. The van der Waals surface area contributed by atoms with E-state index in [1.807, 2.05) is 0 Å². The molecule has 5 nitrogen and oxygen atoms in total. The Morgan fingerprint density at radius 1 is 1.24 bits per heavy atom. The minimum Gasteiger partial charge on any atom is -0.507 e. The van der Waals surface area contributed by atoms with Gasteiger partial charge in [-0.15, -0.1) is 0 Å². The van der Waals surface area contributed by atoms with Crippen LogP contribution in [-0.2, 0) is 9.59 Å². The predicted octanol–water partition coefficient (Wildman–Crippen LogP) is 3.22. The highest BCUT2D eigenvalue weighted by Gasteiger charge is 2.18. The van der Waals surface area contributed by atoms with E-state index in [9.17, 15) is 14.7 Å². The number of phenols is 1. The normalized spacial score (nSPS) is 10.2. The van der Waals surface area contributed by atoms with Crippen molar-refractivity contribution in [1.82, 2.24) is 0 Å². The Morgan fingerprint density at radius 2 is 1.95 bits per heavy atom. The first-order valence-electron chi connectivity index (χ1n) is 5.90. The maximum Gasteiger partial charge on any atom is 0.335 e. The van der Waals surface area contributed by atoms with Gasteiger partial charge in [-0.05, 0) is 18.2 Å². The lowest BCUT2D eigenvalue weighted by atomic mass is 10.1. The molecular formula is C15H11ClO5. The molecule has 2 aromatic carbocycles. The first kappa shape index (κ1) is 14.9. The second-order valence-electron chi connectivity index (χ2n) is 4.13. The Morgan fingerprint density at radius 3 is 2.57 bits per heavy atom. The fourth-order valence-electron chi connectivity index (χ4n) is 1.80. The Labute approximate surface area is 125 Å². The van der Waals surface area contributed by atoms with Crippen LogP contribution in [0.5, 0.6) is 17.2 Å². The standard InChI is InChI=1S/C15H11ClO5/c1-3-14(19)21-15-10-5-4-9(16)6-11(10)12(18)7-13(15)20-8(2)17/h3-7,18H,1H2,2H3. The van der Waals surface area contributed by atoms with Crippen molar-refractivity contribution in [1.29, 1.82) is 0 Å². The van der Waals surface area contributed by atoms with Crippen LogP contribution in [0.25, 0.3) is 10.8 Å². The zero-order chi connectivity index (χ0) is 15.6. The van der Waals surface area contributed by atoms with Crippen LogP contribution in [0.15, 0.2) is 36.9 Å². The van der Waals surface area contributed by atoms with Crippen molar-refractivity contribution < 1.29 is 24.2 Å². The van der Waals surface area contributed by atoms with Crippen molar-refractivity contribution in [3.63, 3.8) is 0 Å². The number of carbonyl (C=O) groups excluding carboxylic acids is 2. The molecule has 108 valence electrons. The van der Waals surface area contributed by atoms with Gasteiger partial charge in [0, 0.05) is 34.9 Å². The average Bonchev–Trinajstić information content (AvgIpc) is 2.42. The number of ether oxygens (including phenoxy) is 2. The molecule has 0 radical (unpaired) electrons. The van der Waals surface area contributed by atoms with E-state index in [0.29, 0.717) is 15.8 Å². The highest BCUT2D eigenvalue weighted by atomic mass is 35.5. The molecule has 0 spiro atoms. The van der Waals surface area contributed by atoms with Crippen molar-refractivity contribution >= 4 is 34.3 Å². The molecule has 2 rings (SSSR count). The lowest BCUT2D eigenvalue weighted by Gasteiger charge is -2.13. The Hall–Kier alpha value is -2.53. The van der Waals surface area contributed by atoms with Gasteiger partial charge in [0.05, 0.1) is 0 Å². The van der Waals surface area contributed by atoms with Gasteiger partial charge in [-0.25, -0.2) is 4.79 Å². The van der Waals surface area contributed by atoms with Gasteiger partial charge in [-0.3, -0.25) is 4.79 Å². The third-order valence-electron chi connectivity index (χ3n) is 2.62. The van der Waals surface area contributed by atoms with E-state index in [-0.39, 0.29) is 17.2 Å². The van der Waals surface area contributed by atoms with E-state index in [1.54, 1.807) is 12.1 Å². The van der Waals surface area contributed by atoms with Crippen LogP contribution in [0, 0.1) is 0 Å². The summed E-state index contributed by atoms with van der Waals surface area (Å²) in [7, 11) is 0. The smallest absolute Gasteiger partial charge is 0.335 e. The molecule has 21 heavy (non-hydrogen) atoms. The third-order valence-corrected chi connectivity index (χ3v) is 2.85. The van der Waals surface area contributed by atoms with Crippen molar-refractivity contribution in [2.75, 3.05) is 0 Å². The van der Waals surface area contributed by atoms with Gasteiger partial charge in [0.1, 0.15) is 5.75 Å². The molecule has 0 fully saturated rings. The van der Waals surface area contributed by atoms with Crippen LogP contribution in [0.3, 0.4) is 0 Å². The molecule has 0 aliphatic rings. The Bertz CT molecular complexity index is 751. The van der Waals surface area contributed by atoms with Crippen LogP contribution in [0.2, 0.25) is 5.02 Å². The summed E-state index contributed by atoms with van der Waals surface area (Å²) in [5, 5.41) is 11.1. The van der Waals surface area contributed by atoms with Crippen LogP contribution in [-0.4, -0.2) is 17.0 Å². The first-order chi connectivity index (χ1) is 9.92. The number of hydrogen-bond acceptors (Lipinski definition) is 5. The molecule has 0 aliphatic heterocycles. The number of halogens is 1. The second kappa shape index (κ2) is 5.85. The van der Waals surface area contributed by atoms with Gasteiger partial charge in [0.25, 0.3) is 0 Å². The van der Waals surface area contributed by atoms with Gasteiger partial charge in [-0.2, -0.15) is 0 Å².